The van der Waals surface area contributed by atoms with Gasteiger partial charge in [0.05, 0.1) is 0 Å². The first-order chi connectivity index (χ1) is 1.41. The van der Waals surface area contributed by atoms with Crippen LogP contribution in [-0.2, 0) is 59.0 Å². The number of rotatable bonds is 0. The first-order valence-electron chi connectivity index (χ1n) is 0.333. The monoisotopic (exact) mass is 283 g/mol. The van der Waals surface area contributed by atoms with Gasteiger partial charge >= 0.3 is 51.6 Å². The molecule has 0 N–H and O–H groups in total. The molecule has 0 amide bonds. The van der Waals surface area contributed by atoms with Gasteiger partial charge in [0.25, 0.3) is 0 Å². The van der Waals surface area contributed by atoms with Crippen molar-refractivity contribution in [3.8, 4) is 0 Å². The first kappa shape index (κ1) is 23.8. The number of hydrogen-bond acceptors (Lipinski definition) is 4. The van der Waals surface area contributed by atoms with Crippen molar-refractivity contribution in [3.63, 3.8) is 0 Å². The summed E-state index contributed by atoms with van der Waals surface area (Å²) >= 11 is -0.363. The molecule has 0 saturated heterocycles. The molecule has 0 atom stereocenters. The van der Waals surface area contributed by atoms with Crippen molar-refractivity contribution in [3.05, 3.63) is 0 Å². The minimum atomic E-state index is -0.363. The van der Waals surface area contributed by atoms with Crippen LogP contribution in [-0.4, -0.2) is 0 Å². The zero-order valence-corrected chi connectivity index (χ0v) is 9.11. The average Bonchev–Trinajstić information content (AvgIpc) is 0.918. The second-order valence-electron chi connectivity index (χ2n) is 0.0680. The molecule has 0 rings (SSSR count). The van der Waals surface area contributed by atoms with Crippen molar-refractivity contribution in [2.75, 3.05) is 0 Å². The summed E-state index contributed by atoms with van der Waals surface area (Å²) in [6.45, 7) is 0. The van der Waals surface area contributed by atoms with Gasteiger partial charge < -0.3 is 27.0 Å². The van der Waals surface area contributed by atoms with E-state index in [1.807, 2.05) is 0 Å². The topological polar surface area (TPSA) is 0 Å². The van der Waals surface area contributed by atoms with E-state index in [0.717, 1.165) is 0 Å². The zero-order chi connectivity index (χ0) is 2.71. The van der Waals surface area contributed by atoms with Crippen LogP contribution in [0.3, 0.4) is 0 Å². The number of thiol groups is 2. The third-order valence-electron chi connectivity index (χ3n) is 0. The van der Waals surface area contributed by atoms with Crippen LogP contribution >= 0.6 is 19.6 Å². The Labute approximate surface area is 77.6 Å². The summed E-state index contributed by atoms with van der Waals surface area (Å²) in [5.41, 5.74) is 0. The van der Waals surface area contributed by atoms with Crippen molar-refractivity contribution >= 4 is 46.6 Å². The van der Waals surface area contributed by atoms with Crippen LogP contribution in [0.4, 0.5) is 0 Å². The zero-order valence-electron chi connectivity index (χ0n) is 2.50. The Morgan fingerprint density at radius 2 is 1.00 bits per heavy atom. The van der Waals surface area contributed by atoms with E-state index in [4.69, 9.17) is 0 Å². The molecule has 1 radical (unpaired) electrons. The summed E-state index contributed by atoms with van der Waals surface area (Å²) in [5, 5.41) is 0. The summed E-state index contributed by atoms with van der Waals surface area (Å²) in [5.74, 6) is 0. The van der Waals surface area contributed by atoms with E-state index >= 15 is 0 Å². The van der Waals surface area contributed by atoms with E-state index in [2.05, 4.69) is 19.6 Å². The second kappa shape index (κ2) is 26.4. The molecular weight excluding hydrogens is 279 g/mol. The van der Waals surface area contributed by atoms with Crippen LogP contribution in [0.15, 0.2) is 0 Å². The fourth-order valence-electron chi connectivity index (χ4n) is 0. The third kappa shape index (κ3) is 32.9. The van der Waals surface area contributed by atoms with Crippen LogP contribution in [0.2, 0.25) is 0 Å². The Morgan fingerprint density at radius 1 is 1.00 bits per heavy atom. The van der Waals surface area contributed by atoms with E-state index in [-0.39, 0.29) is 59.0 Å². The molecule has 0 spiro atoms. The molecule has 0 nitrogen and oxygen atoms in total. The first-order valence-corrected chi connectivity index (χ1v) is 5.92. The fourth-order valence-corrected chi connectivity index (χ4v) is 0. The Hall–Kier alpha value is 2.35. The van der Waals surface area contributed by atoms with Crippen LogP contribution in [0.5, 0.6) is 0 Å². The van der Waals surface area contributed by atoms with Crippen LogP contribution in [0.1, 0.15) is 0 Å². The molecule has 0 aromatic rings. The molecule has 0 aromatic heterocycles. The van der Waals surface area contributed by atoms with E-state index in [1.54, 1.807) is 0 Å². The van der Waals surface area contributed by atoms with E-state index < -0.39 is 0 Å². The molecule has 0 aliphatic rings. The van der Waals surface area contributed by atoms with Gasteiger partial charge in [-0.3, -0.25) is 0 Å². The Morgan fingerprint density at radius 3 is 1.00 bits per heavy atom. The van der Waals surface area contributed by atoms with Crippen LogP contribution in [0, 0.1) is 0 Å². The SMILES string of the molecule is [Mn+2].[SH-].[SH-].[S]=[Mo]=[S]. The molecule has 0 heterocycles. The summed E-state index contributed by atoms with van der Waals surface area (Å²) in [7, 11) is 8.68. The van der Waals surface area contributed by atoms with Gasteiger partial charge in [0.2, 0.25) is 0 Å². The normalized spacial score (nSPS) is 2.00. The quantitative estimate of drug-likeness (QED) is 0.365. The summed E-state index contributed by atoms with van der Waals surface area (Å²) in [6, 6.07) is 0. The molecule has 39 valence electrons. The summed E-state index contributed by atoms with van der Waals surface area (Å²) < 4.78 is 0. The minimum absolute atomic E-state index is 0. The molecule has 6 heavy (non-hydrogen) atoms. The molecule has 0 unspecified atom stereocenters. The Bertz CT molecular complexity index is 28.5. The molecule has 6 heteroatoms. The van der Waals surface area contributed by atoms with Gasteiger partial charge in [-0.2, -0.15) is 0 Å². The maximum absolute atomic E-state index is 4.34. The number of hydrogen-bond donors (Lipinski definition) is 0. The van der Waals surface area contributed by atoms with Crippen molar-refractivity contribution in [2.45, 2.75) is 0 Å². The van der Waals surface area contributed by atoms with Gasteiger partial charge in [0.1, 0.15) is 0 Å². The van der Waals surface area contributed by atoms with Gasteiger partial charge in [0, 0.05) is 0 Å². The van der Waals surface area contributed by atoms with E-state index in [1.165, 1.54) is 0 Å². The Kier molecular flexibility index (Phi) is 105. The molecule has 0 fully saturated rings. The second-order valence-corrected chi connectivity index (χ2v) is 3.62. The van der Waals surface area contributed by atoms with Crippen molar-refractivity contribution in [1.82, 2.24) is 0 Å². The van der Waals surface area contributed by atoms with E-state index in [9.17, 15) is 0 Å². The predicted octanol–water partition coefficient (Wildman–Crippen LogP) is 0.751. The standard InChI is InChI=1S/Mn.Mo.2H2S.2S/h;;2*1H2;;/q+2;;;;;/p-2. The molecule has 0 aliphatic heterocycles. The molecule has 0 bridgehead atoms. The van der Waals surface area contributed by atoms with Crippen LogP contribution < -0.4 is 0 Å². The van der Waals surface area contributed by atoms with Gasteiger partial charge in [-0.1, -0.05) is 0 Å². The predicted molar refractivity (Wildman–Crippen MR) is 32.7 cm³/mol. The molecule has 0 saturated carbocycles. The van der Waals surface area contributed by atoms with Gasteiger partial charge in [-0.05, 0) is 0 Å². The summed E-state index contributed by atoms with van der Waals surface area (Å²) in [4.78, 5) is 0. The fraction of sp³-hybridized carbons (Fsp3) is 0. The van der Waals surface area contributed by atoms with Gasteiger partial charge in [-0.15, -0.1) is 0 Å². The maximum atomic E-state index is 4.34. The Balaban J connectivity index is -0.00000000667. The van der Waals surface area contributed by atoms with Gasteiger partial charge in [0.15, 0.2) is 0 Å². The molecule has 0 aliphatic carbocycles. The van der Waals surface area contributed by atoms with Crippen molar-refractivity contribution in [1.29, 1.82) is 0 Å². The average molecular weight is 281 g/mol. The van der Waals surface area contributed by atoms with Crippen molar-refractivity contribution in [2.24, 2.45) is 0 Å². The molecular formula is H2MnMoS4. The van der Waals surface area contributed by atoms with Crippen LogP contribution in [0.25, 0.3) is 0 Å². The van der Waals surface area contributed by atoms with Gasteiger partial charge in [-0.25, -0.2) is 0 Å². The third-order valence-corrected chi connectivity index (χ3v) is 0. The summed E-state index contributed by atoms with van der Waals surface area (Å²) in [6.07, 6.45) is 0. The van der Waals surface area contributed by atoms with Crippen molar-refractivity contribution < 1.29 is 32.0 Å². The van der Waals surface area contributed by atoms with E-state index in [0.29, 0.717) is 0 Å². The molecule has 0 aromatic carbocycles.